The predicted octanol–water partition coefficient (Wildman–Crippen LogP) is 2.25. The maximum absolute atomic E-state index is 12.9. The van der Waals surface area contributed by atoms with Crippen LogP contribution in [0.3, 0.4) is 0 Å². The van der Waals surface area contributed by atoms with E-state index in [9.17, 15) is 18.0 Å². The monoisotopic (exact) mass is 394 g/mol. The summed E-state index contributed by atoms with van der Waals surface area (Å²) in [5.41, 5.74) is 0.875. The van der Waals surface area contributed by atoms with Crippen LogP contribution in [-0.4, -0.2) is 57.8 Å². The third-order valence-corrected chi connectivity index (χ3v) is 4.19. The highest BCUT2D eigenvalue weighted by Crippen LogP contribution is 2.24. The number of aromatic nitrogens is 4. The van der Waals surface area contributed by atoms with Gasteiger partial charge in [-0.1, -0.05) is 24.3 Å². The van der Waals surface area contributed by atoms with Crippen LogP contribution in [0, 0.1) is 0 Å². The Morgan fingerprint density at radius 2 is 1.93 bits per heavy atom. The van der Waals surface area contributed by atoms with E-state index in [-0.39, 0.29) is 12.1 Å². The normalized spacial score (nSPS) is 12.1. The summed E-state index contributed by atoms with van der Waals surface area (Å²) in [6.45, 7) is 1.37. The second kappa shape index (κ2) is 8.01. The smallest absolute Gasteiger partial charge is 0.353 e. The molecule has 2 heterocycles. The zero-order chi connectivity index (χ0) is 20.3. The molecule has 7 nitrogen and oxygen atoms in total. The van der Waals surface area contributed by atoms with Crippen LogP contribution in [0.1, 0.15) is 11.1 Å². The lowest BCUT2D eigenvalue weighted by Crippen LogP contribution is -2.22. The van der Waals surface area contributed by atoms with E-state index in [1.54, 1.807) is 18.2 Å². The molecule has 3 aromatic rings. The van der Waals surface area contributed by atoms with Crippen LogP contribution >= 0.6 is 0 Å². The Bertz CT molecular complexity index is 1010. The number of H-pyrrole nitrogens is 1. The first-order valence-electron chi connectivity index (χ1n) is 8.70. The van der Waals surface area contributed by atoms with Gasteiger partial charge in [-0.15, -0.1) is 0 Å². The lowest BCUT2D eigenvalue weighted by atomic mass is 10.0. The second-order valence-corrected chi connectivity index (χ2v) is 6.74. The minimum atomic E-state index is -4.33. The molecule has 0 atom stereocenters. The molecule has 28 heavy (non-hydrogen) atoms. The van der Waals surface area contributed by atoms with Gasteiger partial charge in [0.2, 0.25) is 5.95 Å². The Labute approximate surface area is 159 Å². The van der Waals surface area contributed by atoms with Gasteiger partial charge in [0.1, 0.15) is 5.52 Å². The van der Waals surface area contributed by atoms with Gasteiger partial charge in [0.15, 0.2) is 5.65 Å². The Morgan fingerprint density at radius 1 is 1.21 bits per heavy atom. The largest absolute Gasteiger partial charge is 0.393 e. The Hall–Kier alpha value is -2.88. The van der Waals surface area contributed by atoms with Crippen LogP contribution in [0.4, 0.5) is 19.1 Å². The molecule has 1 aromatic carbocycles. The Morgan fingerprint density at radius 3 is 2.61 bits per heavy atom. The summed E-state index contributed by atoms with van der Waals surface area (Å²) in [5.74, 6) is 0.352. The van der Waals surface area contributed by atoms with E-state index < -0.39 is 18.3 Å². The summed E-state index contributed by atoms with van der Waals surface area (Å²) >= 11 is 0. The number of nitrogens with zero attached hydrogens (tertiary/aromatic N) is 4. The van der Waals surface area contributed by atoms with E-state index in [0.29, 0.717) is 29.2 Å². The first kappa shape index (κ1) is 19.9. The van der Waals surface area contributed by atoms with Gasteiger partial charge in [0, 0.05) is 13.1 Å². The zero-order valence-electron chi connectivity index (χ0n) is 15.5. The van der Waals surface area contributed by atoms with Crippen LogP contribution in [0.25, 0.3) is 11.2 Å². The van der Waals surface area contributed by atoms with Crippen LogP contribution in [0.15, 0.2) is 35.3 Å². The van der Waals surface area contributed by atoms with Crippen molar-refractivity contribution in [2.75, 3.05) is 32.5 Å². The van der Waals surface area contributed by atoms with Crippen molar-refractivity contribution < 1.29 is 13.2 Å². The fraction of sp³-hybridized carbons (Fsp3) is 0.389. The fourth-order valence-electron chi connectivity index (χ4n) is 2.84. The van der Waals surface area contributed by atoms with Gasteiger partial charge in [-0.25, -0.2) is 9.78 Å². The van der Waals surface area contributed by atoms with Crippen molar-refractivity contribution in [1.29, 1.82) is 0 Å². The summed E-state index contributed by atoms with van der Waals surface area (Å²) in [6, 6.07) is 6.21. The molecule has 0 aliphatic heterocycles. The molecular weight excluding hydrogens is 373 g/mol. The molecule has 3 rings (SSSR count). The lowest BCUT2D eigenvalue weighted by molar-refractivity contribution is -0.127. The number of alkyl halides is 3. The van der Waals surface area contributed by atoms with Gasteiger partial charge in [-0.2, -0.15) is 18.2 Å². The number of hydrogen-bond acceptors (Lipinski definition) is 5. The van der Waals surface area contributed by atoms with Crippen LogP contribution in [-0.2, 0) is 13.0 Å². The van der Waals surface area contributed by atoms with Crippen molar-refractivity contribution >= 4 is 17.1 Å². The maximum Gasteiger partial charge on any atom is 0.393 e. The molecule has 2 aromatic heterocycles. The van der Waals surface area contributed by atoms with Gasteiger partial charge in [0.05, 0.1) is 19.2 Å². The topological polar surface area (TPSA) is 78.8 Å². The van der Waals surface area contributed by atoms with Gasteiger partial charge < -0.3 is 15.2 Å². The molecule has 0 aliphatic carbocycles. The highest BCUT2D eigenvalue weighted by atomic mass is 19.4. The number of hydrogen-bond donors (Lipinski definition) is 2. The van der Waals surface area contributed by atoms with Gasteiger partial charge in [-0.3, -0.25) is 4.57 Å². The molecule has 150 valence electrons. The summed E-state index contributed by atoms with van der Waals surface area (Å²) in [6.07, 6.45) is -3.89. The minimum Gasteiger partial charge on any atom is -0.353 e. The number of imidazole rings is 1. The second-order valence-electron chi connectivity index (χ2n) is 6.74. The molecule has 0 aliphatic rings. The number of likely N-dealkylation sites (N-methyl/N-ethyl adjacent to an activating group) is 1. The molecule has 2 N–H and O–H groups in total. The maximum atomic E-state index is 12.9. The lowest BCUT2D eigenvalue weighted by Gasteiger charge is -2.12. The molecule has 0 spiro atoms. The number of nitrogens with one attached hydrogen (secondary N) is 2. The third-order valence-electron chi connectivity index (χ3n) is 4.19. The van der Waals surface area contributed by atoms with E-state index in [0.717, 1.165) is 6.54 Å². The van der Waals surface area contributed by atoms with Crippen molar-refractivity contribution in [3.05, 3.63) is 52.1 Å². The first-order chi connectivity index (χ1) is 13.2. The number of halogens is 3. The van der Waals surface area contributed by atoms with Crippen LogP contribution < -0.4 is 11.0 Å². The van der Waals surface area contributed by atoms with Gasteiger partial charge >= 0.3 is 11.9 Å². The predicted molar refractivity (Wildman–Crippen MR) is 100 cm³/mol. The number of fused-ring (bicyclic) bond motifs is 1. The SMILES string of the molecule is CN(C)CCNc1ncc2[nH]c(=O)n(Cc3ccccc3CC(F)(F)F)c2n1. The summed E-state index contributed by atoms with van der Waals surface area (Å²) in [4.78, 5) is 25.5. The van der Waals surface area contributed by atoms with Crippen molar-refractivity contribution in [1.82, 2.24) is 24.4 Å². The molecule has 0 amide bonds. The summed E-state index contributed by atoms with van der Waals surface area (Å²) in [7, 11) is 3.88. The third kappa shape index (κ3) is 4.89. The standard InChI is InChI=1S/C18H21F3N6O/c1-26(2)8-7-22-16-23-10-14-15(25-16)27(17(28)24-14)11-13-6-4-3-5-12(13)9-18(19,20)21/h3-6,10H,7-9,11H2,1-2H3,(H,24,28)(H,22,23,25). The molecular formula is C18H21F3N6O. The average molecular weight is 394 g/mol. The van der Waals surface area contributed by atoms with E-state index in [2.05, 4.69) is 20.3 Å². The quantitative estimate of drug-likeness (QED) is 0.643. The van der Waals surface area contributed by atoms with Gasteiger partial charge in [0.25, 0.3) is 0 Å². The average Bonchev–Trinajstić information content (AvgIpc) is 2.90. The Kier molecular flexibility index (Phi) is 5.68. The number of rotatable bonds is 7. The molecule has 0 saturated heterocycles. The van der Waals surface area contributed by atoms with E-state index in [1.807, 2.05) is 19.0 Å². The molecule has 0 radical (unpaired) electrons. The molecule has 10 heteroatoms. The molecule has 0 unspecified atom stereocenters. The van der Waals surface area contributed by atoms with Crippen molar-refractivity contribution in [3.8, 4) is 0 Å². The summed E-state index contributed by atoms with van der Waals surface area (Å²) in [5, 5.41) is 3.07. The van der Waals surface area contributed by atoms with Crippen LogP contribution in [0.5, 0.6) is 0 Å². The first-order valence-corrected chi connectivity index (χ1v) is 8.70. The van der Waals surface area contributed by atoms with Gasteiger partial charge in [-0.05, 0) is 25.2 Å². The number of aromatic amines is 1. The van der Waals surface area contributed by atoms with Crippen molar-refractivity contribution in [2.45, 2.75) is 19.1 Å². The highest BCUT2D eigenvalue weighted by molar-refractivity contribution is 5.71. The molecule has 0 fully saturated rings. The molecule has 0 bridgehead atoms. The van der Waals surface area contributed by atoms with Crippen LogP contribution in [0.2, 0.25) is 0 Å². The van der Waals surface area contributed by atoms with E-state index in [4.69, 9.17) is 0 Å². The highest BCUT2D eigenvalue weighted by Gasteiger charge is 2.28. The summed E-state index contributed by atoms with van der Waals surface area (Å²) < 4.78 is 39.9. The van der Waals surface area contributed by atoms with Crippen molar-refractivity contribution in [3.63, 3.8) is 0 Å². The number of benzene rings is 1. The van der Waals surface area contributed by atoms with Crippen molar-refractivity contribution in [2.24, 2.45) is 0 Å². The fourth-order valence-corrected chi connectivity index (χ4v) is 2.84. The Balaban J connectivity index is 1.91. The zero-order valence-corrected chi connectivity index (χ0v) is 15.5. The molecule has 0 saturated carbocycles. The minimum absolute atomic E-state index is 0.0146. The number of anilines is 1. The van der Waals surface area contributed by atoms with E-state index in [1.165, 1.54) is 16.8 Å². The van der Waals surface area contributed by atoms with E-state index >= 15 is 0 Å².